The third-order valence-electron chi connectivity index (χ3n) is 7.10. The zero-order valence-electron chi connectivity index (χ0n) is 24.6. The zero-order chi connectivity index (χ0) is 33.3. The van der Waals surface area contributed by atoms with Crippen LogP contribution in [0.15, 0.2) is 71.6 Å². The number of urea groups is 1. The summed E-state index contributed by atoms with van der Waals surface area (Å²) in [7, 11) is -2.71. The first-order valence-electron chi connectivity index (χ1n) is 14.1. The quantitative estimate of drug-likeness (QED) is 0.143. The minimum atomic E-state index is -4.16. The van der Waals surface area contributed by atoms with E-state index in [9.17, 15) is 32.9 Å². The molecule has 3 N–H and O–H groups in total. The van der Waals surface area contributed by atoms with Gasteiger partial charge in [0.2, 0.25) is 0 Å². The highest BCUT2D eigenvalue weighted by Gasteiger charge is 2.27. The molecule has 3 aromatic carbocycles. The number of halogens is 1. The van der Waals surface area contributed by atoms with Crippen molar-refractivity contribution in [1.29, 1.82) is 0 Å². The number of carbonyl (C=O) groups is 3. The summed E-state index contributed by atoms with van der Waals surface area (Å²) < 4.78 is 38.3. The van der Waals surface area contributed by atoms with E-state index in [-0.39, 0.29) is 34.7 Å². The molecule has 16 heteroatoms. The highest BCUT2D eigenvalue weighted by Crippen LogP contribution is 2.24. The van der Waals surface area contributed by atoms with E-state index in [1.165, 1.54) is 49.6 Å². The number of ether oxygens (including phenoxy) is 2. The van der Waals surface area contributed by atoms with Gasteiger partial charge in [-0.2, -0.15) is 0 Å². The topological polar surface area (TPSA) is 192 Å². The number of rotatable bonds is 12. The molecule has 0 saturated heterocycles. The summed E-state index contributed by atoms with van der Waals surface area (Å²) in [5, 5.41) is 15.4. The number of methoxy groups -OCH3 is 1. The SMILES string of the molecule is COc1ccc(Cl)cc1C(=O)NCCc1ccc(S(=O)(=O)NC(=O)NC2CCC(OC(=O)c3cccc(O[N+](=O)[O-])c3)CC2)cc1. The van der Waals surface area contributed by atoms with Crippen LogP contribution < -0.4 is 24.9 Å². The zero-order valence-corrected chi connectivity index (χ0v) is 26.1. The summed E-state index contributed by atoms with van der Waals surface area (Å²) in [6.07, 6.45) is 1.69. The van der Waals surface area contributed by atoms with Crippen LogP contribution >= 0.6 is 11.6 Å². The maximum atomic E-state index is 12.8. The van der Waals surface area contributed by atoms with Crippen molar-refractivity contribution in [2.24, 2.45) is 0 Å². The van der Waals surface area contributed by atoms with E-state index < -0.39 is 33.2 Å². The van der Waals surface area contributed by atoms with E-state index in [1.807, 2.05) is 4.72 Å². The van der Waals surface area contributed by atoms with Gasteiger partial charge in [-0.1, -0.05) is 29.8 Å². The molecule has 1 aliphatic carbocycles. The fraction of sp³-hybridized carbons (Fsp3) is 0.300. The van der Waals surface area contributed by atoms with Crippen molar-refractivity contribution in [3.63, 3.8) is 0 Å². The smallest absolute Gasteiger partial charge is 0.338 e. The second kappa shape index (κ2) is 15.4. The predicted octanol–water partition coefficient (Wildman–Crippen LogP) is 4.05. The van der Waals surface area contributed by atoms with Gasteiger partial charge < -0.3 is 20.1 Å². The van der Waals surface area contributed by atoms with Crippen molar-refractivity contribution >= 4 is 39.5 Å². The lowest BCUT2D eigenvalue weighted by molar-refractivity contribution is -0.711. The number of amides is 3. The highest BCUT2D eigenvalue weighted by molar-refractivity contribution is 7.90. The van der Waals surface area contributed by atoms with E-state index in [2.05, 4.69) is 15.5 Å². The Hall–Kier alpha value is -4.89. The average molecular weight is 675 g/mol. The Morgan fingerprint density at radius 3 is 2.39 bits per heavy atom. The molecule has 4 rings (SSSR count). The molecule has 46 heavy (non-hydrogen) atoms. The molecule has 1 aliphatic rings. The van der Waals surface area contributed by atoms with Crippen molar-refractivity contribution in [1.82, 2.24) is 15.4 Å². The number of sulfonamides is 1. The Labute approximate surface area is 269 Å². The molecule has 244 valence electrons. The van der Waals surface area contributed by atoms with E-state index in [0.717, 1.165) is 5.56 Å². The Balaban J connectivity index is 1.20. The second-order valence-corrected chi connectivity index (χ2v) is 12.4. The predicted molar refractivity (Wildman–Crippen MR) is 165 cm³/mol. The minimum absolute atomic E-state index is 0.0961. The average Bonchev–Trinajstić information content (AvgIpc) is 3.01. The van der Waals surface area contributed by atoms with Gasteiger partial charge >= 0.3 is 12.0 Å². The lowest BCUT2D eigenvalue weighted by atomic mass is 9.93. The van der Waals surface area contributed by atoms with Gasteiger partial charge in [-0.15, -0.1) is 10.1 Å². The molecule has 0 aromatic heterocycles. The molecule has 0 heterocycles. The molecule has 0 unspecified atom stereocenters. The van der Waals surface area contributed by atoms with Gasteiger partial charge in [-0.05, 0) is 86.2 Å². The van der Waals surface area contributed by atoms with Crippen molar-refractivity contribution in [2.75, 3.05) is 13.7 Å². The molecular formula is C30H31ClN4O10S. The van der Waals surface area contributed by atoms with Gasteiger partial charge in [0.15, 0.2) is 0 Å². The molecule has 0 bridgehead atoms. The van der Waals surface area contributed by atoms with Crippen LogP contribution in [-0.2, 0) is 21.2 Å². The molecule has 0 spiro atoms. The summed E-state index contributed by atoms with van der Waals surface area (Å²) in [5.74, 6) is -0.754. The number of hydrogen-bond acceptors (Lipinski definition) is 10. The first-order chi connectivity index (χ1) is 21.9. The molecule has 0 atom stereocenters. The summed E-state index contributed by atoms with van der Waals surface area (Å²) in [6, 6.07) is 14.8. The molecule has 1 saturated carbocycles. The van der Waals surface area contributed by atoms with Crippen LogP contribution in [0.4, 0.5) is 4.79 Å². The lowest BCUT2D eigenvalue weighted by Crippen LogP contribution is -2.46. The first kappa shape index (κ1) is 34.0. The van der Waals surface area contributed by atoms with Crippen molar-refractivity contribution in [3.8, 4) is 11.5 Å². The molecule has 1 fully saturated rings. The van der Waals surface area contributed by atoms with Gasteiger partial charge in [0.25, 0.3) is 21.0 Å². The number of carbonyl (C=O) groups excluding carboxylic acids is 3. The standard InChI is InChI=1S/C30H31ClN4O10S/c1-43-27-14-7-21(31)18-26(27)28(36)32-16-15-19-5-12-25(13-6-19)46(41,42)34-30(38)33-22-8-10-23(11-9-22)44-29(37)20-3-2-4-24(17-20)45-35(39)40/h2-7,12-14,17-18,22-23H,8-11,15-16H2,1H3,(H,32,36)(H2,33,34,38). The molecular weight excluding hydrogens is 644 g/mol. The fourth-order valence-corrected chi connectivity index (χ4v) is 5.90. The van der Waals surface area contributed by atoms with Crippen molar-refractivity contribution in [2.45, 2.75) is 49.1 Å². The van der Waals surface area contributed by atoms with Crippen LogP contribution in [0, 0.1) is 10.1 Å². The number of esters is 1. The summed E-state index contributed by atoms with van der Waals surface area (Å²) >= 11 is 5.98. The van der Waals surface area contributed by atoms with Gasteiger partial charge in [-0.3, -0.25) is 9.63 Å². The van der Waals surface area contributed by atoms with Gasteiger partial charge in [-0.25, -0.2) is 22.7 Å². The number of nitrogens with zero attached hydrogens (tertiary/aromatic N) is 1. The van der Waals surface area contributed by atoms with Crippen LogP contribution in [0.25, 0.3) is 0 Å². The van der Waals surface area contributed by atoms with Crippen LogP contribution in [0.2, 0.25) is 5.02 Å². The Morgan fingerprint density at radius 2 is 1.72 bits per heavy atom. The summed E-state index contributed by atoms with van der Waals surface area (Å²) in [4.78, 5) is 52.3. The van der Waals surface area contributed by atoms with Crippen LogP contribution in [-0.4, -0.2) is 57.2 Å². The Bertz CT molecular complexity index is 1690. The van der Waals surface area contributed by atoms with Gasteiger partial charge in [0.05, 0.1) is 23.1 Å². The van der Waals surface area contributed by atoms with Crippen molar-refractivity contribution < 1.29 is 42.2 Å². The van der Waals surface area contributed by atoms with E-state index in [4.69, 9.17) is 21.1 Å². The van der Waals surface area contributed by atoms with Crippen LogP contribution in [0.1, 0.15) is 52.0 Å². The molecule has 3 amide bonds. The monoisotopic (exact) mass is 674 g/mol. The maximum Gasteiger partial charge on any atom is 0.338 e. The molecule has 3 aromatic rings. The first-order valence-corrected chi connectivity index (χ1v) is 16.0. The largest absolute Gasteiger partial charge is 0.496 e. The number of nitrogens with one attached hydrogen (secondary N) is 3. The molecule has 14 nitrogen and oxygen atoms in total. The maximum absolute atomic E-state index is 12.8. The van der Waals surface area contributed by atoms with E-state index in [0.29, 0.717) is 48.4 Å². The second-order valence-electron chi connectivity index (χ2n) is 10.3. The third-order valence-corrected chi connectivity index (χ3v) is 8.68. The van der Waals surface area contributed by atoms with Gasteiger partial charge in [0.1, 0.15) is 17.6 Å². The summed E-state index contributed by atoms with van der Waals surface area (Å²) in [5.41, 5.74) is 1.15. The third kappa shape index (κ3) is 9.55. The minimum Gasteiger partial charge on any atom is -0.496 e. The molecule has 0 radical (unpaired) electrons. The fourth-order valence-electron chi connectivity index (χ4n) is 4.81. The molecule has 0 aliphatic heterocycles. The van der Waals surface area contributed by atoms with Gasteiger partial charge in [0, 0.05) is 17.6 Å². The Kier molecular flexibility index (Phi) is 11.4. The lowest BCUT2D eigenvalue weighted by Gasteiger charge is -2.28. The van der Waals surface area contributed by atoms with Crippen molar-refractivity contribution in [3.05, 3.63) is 98.6 Å². The summed E-state index contributed by atoms with van der Waals surface area (Å²) in [6.45, 7) is 0.273. The van der Waals surface area contributed by atoms with E-state index >= 15 is 0 Å². The number of benzene rings is 3. The van der Waals surface area contributed by atoms with Crippen LogP contribution in [0.5, 0.6) is 11.5 Å². The Morgan fingerprint density at radius 1 is 1.00 bits per heavy atom. The van der Waals surface area contributed by atoms with E-state index in [1.54, 1.807) is 24.3 Å². The normalized spacial score (nSPS) is 16.0. The number of hydrogen-bond donors (Lipinski definition) is 3. The van der Waals surface area contributed by atoms with Crippen LogP contribution in [0.3, 0.4) is 0 Å². The highest BCUT2D eigenvalue weighted by atomic mass is 35.5.